The third-order valence-corrected chi connectivity index (χ3v) is 4.71. The van der Waals surface area contributed by atoms with E-state index in [9.17, 15) is 0 Å². The molecule has 21 heavy (non-hydrogen) atoms. The summed E-state index contributed by atoms with van der Waals surface area (Å²) in [5, 5.41) is 3.13. The van der Waals surface area contributed by atoms with Crippen LogP contribution in [0.5, 0.6) is 0 Å². The van der Waals surface area contributed by atoms with Gasteiger partial charge in [0.15, 0.2) is 0 Å². The number of nitrogens with two attached hydrogens (primary N) is 1. The highest BCUT2D eigenvalue weighted by Gasteiger charge is 2.10. The van der Waals surface area contributed by atoms with Gasteiger partial charge >= 0.3 is 0 Å². The van der Waals surface area contributed by atoms with Gasteiger partial charge in [-0.25, -0.2) is 4.98 Å². The van der Waals surface area contributed by atoms with Crippen molar-refractivity contribution in [3.8, 4) is 10.6 Å². The van der Waals surface area contributed by atoms with E-state index in [1.54, 1.807) is 11.3 Å². The molecule has 0 aliphatic heterocycles. The highest BCUT2D eigenvalue weighted by atomic mass is 79.9. The van der Waals surface area contributed by atoms with E-state index in [1.807, 2.05) is 30.3 Å². The summed E-state index contributed by atoms with van der Waals surface area (Å²) in [5.74, 6) is 0. The highest BCUT2D eigenvalue weighted by molar-refractivity contribution is 9.10. The highest BCUT2D eigenvalue weighted by Crippen LogP contribution is 2.27. The minimum atomic E-state index is -0.0105. The van der Waals surface area contributed by atoms with Gasteiger partial charge in [0.25, 0.3) is 0 Å². The molecule has 2 nitrogen and oxygen atoms in total. The summed E-state index contributed by atoms with van der Waals surface area (Å²) in [5.41, 5.74) is 9.58. The first-order chi connectivity index (χ1) is 10.2. The van der Waals surface area contributed by atoms with Crippen LogP contribution in [0, 0.1) is 0 Å². The van der Waals surface area contributed by atoms with Crippen molar-refractivity contribution < 1.29 is 0 Å². The van der Waals surface area contributed by atoms with Gasteiger partial charge in [0.1, 0.15) is 5.01 Å². The first-order valence-electron chi connectivity index (χ1n) is 6.73. The van der Waals surface area contributed by atoms with Gasteiger partial charge in [-0.15, -0.1) is 11.3 Å². The Morgan fingerprint density at radius 2 is 1.90 bits per heavy atom. The SMILES string of the molecule is NC(Cc1csc(-c2cccc(Br)c2)n1)c1ccccc1. The Labute approximate surface area is 136 Å². The van der Waals surface area contributed by atoms with Crippen LogP contribution in [-0.2, 0) is 6.42 Å². The third-order valence-electron chi connectivity index (χ3n) is 3.28. The quantitative estimate of drug-likeness (QED) is 0.726. The molecular weight excluding hydrogens is 344 g/mol. The van der Waals surface area contributed by atoms with E-state index >= 15 is 0 Å². The van der Waals surface area contributed by atoms with E-state index in [1.165, 1.54) is 0 Å². The van der Waals surface area contributed by atoms with Crippen molar-refractivity contribution in [2.75, 3.05) is 0 Å². The summed E-state index contributed by atoms with van der Waals surface area (Å²) in [6.07, 6.45) is 0.758. The molecule has 106 valence electrons. The molecule has 0 spiro atoms. The van der Waals surface area contributed by atoms with E-state index in [0.717, 1.165) is 32.7 Å². The predicted octanol–water partition coefficient (Wildman–Crippen LogP) is 4.82. The zero-order valence-corrected chi connectivity index (χ0v) is 13.8. The lowest BCUT2D eigenvalue weighted by Crippen LogP contribution is -2.13. The average Bonchev–Trinajstić information content (AvgIpc) is 2.97. The van der Waals surface area contributed by atoms with Gasteiger partial charge in [0.05, 0.1) is 5.69 Å². The maximum atomic E-state index is 6.26. The lowest BCUT2D eigenvalue weighted by Gasteiger charge is -2.09. The van der Waals surface area contributed by atoms with Crippen LogP contribution in [0.4, 0.5) is 0 Å². The van der Waals surface area contributed by atoms with Gasteiger partial charge in [-0.05, 0) is 17.7 Å². The van der Waals surface area contributed by atoms with Gasteiger partial charge in [0.2, 0.25) is 0 Å². The molecule has 0 saturated heterocycles. The van der Waals surface area contributed by atoms with Gasteiger partial charge in [-0.2, -0.15) is 0 Å². The van der Waals surface area contributed by atoms with Crippen LogP contribution in [0.2, 0.25) is 0 Å². The molecular formula is C17H15BrN2S. The fourth-order valence-electron chi connectivity index (χ4n) is 2.20. The summed E-state index contributed by atoms with van der Waals surface area (Å²) in [6.45, 7) is 0. The van der Waals surface area contributed by atoms with Crippen LogP contribution in [0.15, 0.2) is 64.5 Å². The molecule has 2 N–H and O–H groups in total. The predicted molar refractivity (Wildman–Crippen MR) is 92.3 cm³/mol. The Morgan fingerprint density at radius 3 is 2.67 bits per heavy atom. The zero-order chi connectivity index (χ0) is 14.7. The molecule has 2 aromatic carbocycles. The van der Waals surface area contributed by atoms with E-state index in [0.29, 0.717) is 0 Å². The van der Waals surface area contributed by atoms with Crippen LogP contribution >= 0.6 is 27.3 Å². The van der Waals surface area contributed by atoms with Gasteiger partial charge < -0.3 is 5.73 Å². The number of halogens is 1. The van der Waals surface area contributed by atoms with Crippen LogP contribution in [-0.4, -0.2) is 4.98 Å². The van der Waals surface area contributed by atoms with E-state index in [4.69, 9.17) is 10.7 Å². The molecule has 3 aromatic rings. The molecule has 0 saturated carbocycles. The lowest BCUT2D eigenvalue weighted by atomic mass is 10.0. The van der Waals surface area contributed by atoms with Crippen LogP contribution in [0.1, 0.15) is 17.3 Å². The largest absolute Gasteiger partial charge is 0.324 e. The number of thiazole rings is 1. The number of hydrogen-bond acceptors (Lipinski definition) is 3. The van der Waals surface area contributed by atoms with Crippen LogP contribution < -0.4 is 5.73 Å². The molecule has 0 amide bonds. The number of benzene rings is 2. The average molecular weight is 359 g/mol. The second-order valence-corrected chi connectivity index (χ2v) is 6.65. The van der Waals surface area contributed by atoms with E-state index < -0.39 is 0 Å². The van der Waals surface area contributed by atoms with Crippen molar-refractivity contribution in [1.82, 2.24) is 4.98 Å². The van der Waals surface area contributed by atoms with Crippen molar-refractivity contribution in [1.29, 1.82) is 0 Å². The normalized spacial score (nSPS) is 12.3. The Hall–Kier alpha value is -1.49. The third kappa shape index (κ3) is 3.59. The molecule has 0 fully saturated rings. The number of aromatic nitrogens is 1. The van der Waals surface area contributed by atoms with Crippen molar-refractivity contribution in [3.63, 3.8) is 0 Å². The van der Waals surface area contributed by atoms with Gasteiger partial charge in [-0.1, -0.05) is 58.4 Å². The summed E-state index contributed by atoms with van der Waals surface area (Å²) >= 11 is 5.15. The number of nitrogens with zero attached hydrogens (tertiary/aromatic N) is 1. The number of rotatable bonds is 4. The second kappa shape index (κ2) is 6.52. The molecule has 4 heteroatoms. The molecule has 1 heterocycles. The van der Waals surface area contributed by atoms with Crippen molar-refractivity contribution in [3.05, 3.63) is 75.7 Å². The molecule has 0 aliphatic rings. The zero-order valence-electron chi connectivity index (χ0n) is 11.4. The van der Waals surface area contributed by atoms with Crippen molar-refractivity contribution in [2.24, 2.45) is 5.73 Å². The molecule has 1 atom stereocenters. The monoisotopic (exact) mass is 358 g/mol. The fraction of sp³-hybridized carbons (Fsp3) is 0.118. The standard InChI is InChI=1S/C17H15BrN2S/c18-14-8-4-7-13(9-14)17-20-15(11-21-17)10-16(19)12-5-2-1-3-6-12/h1-9,11,16H,10,19H2. The van der Waals surface area contributed by atoms with Crippen LogP contribution in [0.25, 0.3) is 10.6 Å². The van der Waals surface area contributed by atoms with Gasteiger partial charge in [-0.3, -0.25) is 0 Å². The topological polar surface area (TPSA) is 38.9 Å². The molecule has 3 rings (SSSR count). The van der Waals surface area contributed by atoms with Gasteiger partial charge in [0, 0.05) is 27.9 Å². The minimum Gasteiger partial charge on any atom is -0.324 e. The Morgan fingerprint density at radius 1 is 1.10 bits per heavy atom. The summed E-state index contributed by atoms with van der Waals surface area (Å²) in [7, 11) is 0. The Bertz CT molecular complexity index is 724. The van der Waals surface area contributed by atoms with E-state index in [2.05, 4.69) is 45.6 Å². The summed E-state index contributed by atoms with van der Waals surface area (Å²) < 4.78 is 1.07. The lowest BCUT2D eigenvalue weighted by molar-refractivity contribution is 0.710. The summed E-state index contributed by atoms with van der Waals surface area (Å²) in [4.78, 5) is 4.70. The molecule has 0 bridgehead atoms. The minimum absolute atomic E-state index is 0.0105. The molecule has 0 radical (unpaired) electrons. The van der Waals surface area contributed by atoms with E-state index in [-0.39, 0.29) is 6.04 Å². The Kier molecular flexibility index (Phi) is 4.48. The molecule has 0 aliphatic carbocycles. The molecule has 1 unspecified atom stereocenters. The van der Waals surface area contributed by atoms with Crippen molar-refractivity contribution in [2.45, 2.75) is 12.5 Å². The Balaban J connectivity index is 1.76. The number of hydrogen-bond donors (Lipinski definition) is 1. The van der Waals surface area contributed by atoms with Crippen LogP contribution in [0.3, 0.4) is 0 Å². The van der Waals surface area contributed by atoms with Crippen molar-refractivity contribution >= 4 is 27.3 Å². The fourth-order valence-corrected chi connectivity index (χ4v) is 3.43. The first-order valence-corrected chi connectivity index (χ1v) is 8.40. The first kappa shape index (κ1) is 14.4. The maximum absolute atomic E-state index is 6.26. The second-order valence-electron chi connectivity index (χ2n) is 4.88. The smallest absolute Gasteiger partial charge is 0.123 e. The summed E-state index contributed by atoms with van der Waals surface area (Å²) in [6, 6.07) is 18.3. The molecule has 1 aromatic heterocycles. The maximum Gasteiger partial charge on any atom is 0.123 e.